The molecule has 224 valence electrons. The predicted molar refractivity (Wildman–Crippen MR) is 164 cm³/mol. The molecule has 0 saturated carbocycles. The number of ether oxygens (including phenoxy) is 2. The fourth-order valence-corrected chi connectivity index (χ4v) is 5.39. The summed E-state index contributed by atoms with van der Waals surface area (Å²) in [5, 5.41) is 24.2. The number of aliphatic hydroxyl groups excluding tert-OH is 2. The first-order valence-electron chi connectivity index (χ1n) is 14.1. The van der Waals surface area contributed by atoms with Gasteiger partial charge in [0.1, 0.15) is 0 Å². The van der Waals surface area contributed by atoms with Crippen LogP contribution in [-0.2, 0) is 32.2 Å². The number of hydrogen-bond acceptors (Lipinski definition) is 8. The van der Waals surface area contributed by atoms with Gasteiger partial charge in [-0.05, 0) is 35.2 Å². The second-order valence-electron chi connectivity index (χ2n) is 10.2. The molecular weight excluding hydrogens is 554 g/mol. The summed E-state index contributed by atoms with van der Waals surface area (Å²) in [4.78, 5) is 24.5. The van der Waals surface area contributed by atoms with E-state index in [0.29, 0.717) is 36.5 Å². The molecule has 1 aliphatic heterocycles. The third-order valence-corrected chi connectivity index (χ3v) is 8.02. The fraction of sp³-hybridized carbons (Fsp3) is 0.375. The van der Waals surface area contributed by atoms with E-state index in [1.165, 1.54) is 0 Å². The van der Waals surface area contributed by atoms with E-state index in [1.807, 2.05) is 48.5 Å². The van der Waals surface area contributed by atoms with E-state index < -0.39 is 6.29 Å². The molecule has 42 heavy (non-hydrogen) atoms. The largest absolute Gasteiger partial charge is 0.397 e. The number of aliphatic hydroxyl groups is 2. The minimum absolute atomic E-state index is 0.00733. The zero-order chi connectivity index (χ0) is 29.7. The van der Waals surface area contributed by atoms with Crippen LogP contribution in [0, 0.1) is 0 Å². The van der Waals surface area contributed by atoms with Gasteiger partial charge in [-0.2, -0.15) is 11.8 Å². The van der Waals surface area contributed by atoms with Crippen LogP contribution in [0.15, 0.2) is 72.8 Å². The second-order valence-corrected chi connectivity index (χ2v) is 11.3. The quantitative estimate of drug-likeness (QED) is 0.136. The number of amides is 2. The van der Waals surface area contributed by atoms with Gasteiger partial charge in [0.2, 0.25) is 11.8 Å². The zero-order valence-electron chi connectivity index (χ0n) is 23.5. The molecular formula is C32H39N3O6S. The smallest absolute Gasteiger partial charge is 0.224 e. The van der Waals surface area contributed by atoms with Crippen LogP contribution in [0.3, 0.4) is 0 Å². The molecule has 0 aromatic heterocycles. The zero-order valence-corrected chi connectivity index (χ0v) is 24.4. The van der Waals surface area contributed by atoms with Gasteiger partial charge in [0.15, 0.2) is 6.29 Å². The molecule has 6 N–H and O–H groups in total. The molecule has 0 radical (unpaired) electrons. The van der Waals surface area contributed by atoms with Crippen LogP contribution in [0.5, 0.6) is 0 Å². The van der Waals surface area contributed by atoms with Crippen molar-refractivity contribution in [2.75, 3.05) is 29.2 Å². The summed E-state index contributed by atoms with van der Waals surface area (Å²) in [6.07, 6.45) is 0.832. The van der Waals surface area contributed by atoms with Crippen LogP contribution in [0.4, 0.5) is 11.4 Å². The van der Waals surface area contributed by atoms with E-state index >= 15 is 0 Å². The molecule has 1 saturated heterocycles. The summed E-state index contributed by atoms with van der Waals surface area (Å²) in [6, 6.07) is 22.6. The Morgan fingerprint density at radius 2 is 1.57 bits per heavy atom. The number of benzene rings is 3. The highest BCUT2D eigenvalue weighted by molar-refractivity contribution is 7.99. The highest BCUT2D eigenvalue weighted by atomic mass is 32.2. The molecule has 0 spiro atoms. The Hall–Kier alpha value is -3.41. The third kappa shape index (κ3) is 9.57. The molecule has 3 aromatic rings. The minimum Gasteiger partial charge on any atom is -0.397 e. The number of carbonyl (C=O) groups is 2. The Kier molecular flexibility index (Phi) is 12.2. The standard InChI is InChI=1S/C32H39N3O6S/c33-27-4-1-2-5-28(27)35-31(39)7-3-6-30(38)34-19-22-8-14-25(15-9-22)32-40-26(21-42-17-16-36)18-29(41-32)24-12-10-23(20-37)11-13-24/h1-2,4-5,8-15,26,29,32,36-37H,3,6-7,16-21,33H2,(H,34,38)(H,35,39)/t26-,29+,32+/m0/s1. The molecule has 3 aromatic carbocycles. The number of nitrogens with two attached hydrogens (primary N) is 1. The van der Waals surface area contributed by atoms with Gasteiger partial charge in [-0.25, -0.2) is 0 Å². The van der Waals surface area contributed by atoms with Gasteiger partial charge < -0.3 is 36.1 Å². The van der Waals surface area contributed by atoms with E-state index in [0.717, 1.165) is 28.0 Å². The Balaban J connectivity index is 1.26. The summed E-state index contributed by atoms with van der Waals surface area (Å²) in [6.45, 7) is 0.492. The third-order valence-electron chi connectivity index (χ3n) is 6.94. The van der Waals surface area contributed by atoms with Gasteiger partial charge in [0.25, 0.3) is 0 Å². The summed E-state index contributed by atoms with van der Waals surface area (Å²) in [5.74, 6) is 1.10. The van der Waals surface area contributed by atoms with Gasteiger partial charge in [0.05, 0.1) is 36.8 Å². The number of carbonyl (C=O) groups excluding carboxylic acids is 2. The minimum atomic E-state index is -0.554. The van der Waals surface area contributed by atoms with Crippen molar-refractivity contribution < 1.29 is 29.3 Å². The van der Waals surface area contributed by atoms with Crippen LogP contribution >= 0.6 is 11.8 Å². The highest BCUT2D eigenvalue weighted by Gasteiger charge is 2.32. The number of thioether (sulfide) groups is 1. The van der Waals surface area contributed by atoms with Crippen molar-refractivity contribution >= 4 is 35.0 Å². The molecule has 1 aliphatic rings. The lowest BCUT2D eigenvalue weighted by molar-refractivity contribution is -0.245. The maximum absolute atomic E-state index is 12.3. The topological polar surface area (TPSA) is 143 Å². The molecule has 2 amide bonds. The number of rotatable bonds is 14. The Bertz CT molecular complexity index is 1290. The van der Waals surface area contributed by atoms with Crippen LogP contribution in [-0.4, -0.2) is 46.2 Å². The van der Waals surface area contributed by atoms with Gasteiger partial charge in [0, 0.05) is 42.9 Å². The van der Waals surface area contributed by atoms with Crippen LogP contribution in [0.2, 0.25) is 0 Å². The molecule has 3 atom stereocenters. The van der Waals surface area contributed by atoms with Crippen molar-refractivity contribution in [1.29, 1.82) is 0 Å². The van der Waals surface area contributed by atoms with E-state index in [1.54, 1.807) is 36.0 Å². The Morgan fingerprint density at radius 3 is 2.29 bits per heavy atom. The first-order chi connectivity index (χ1) is 20.4. The summed E-state index contributed by atoms with van der Waals surface area (Å²) in [5.41, 5.74) is 10.6. The van der Waals surface area contributed by atoms with Crippen molar-refractivity contribution in [1.82, 2.24) is 5.32 Å². The van der Waals surface area contributed by atoms with Gasteiger partial charge in [-0.3, -0.25) is 9.59 Å². The highest BCUT2D eigenvalue weighted by Crippen LogP contribution is 2.38. The molecule has 0 aliphatic carbocycles. The van der Waals surface area contributed by atoms with Crippen LogP contribution in [0.25, 0.3) is 0 Å². The molecule has 0 unspecified atom stereocenters. The lowest BCUT2D eigenvalue weighted by Gasteiger charge is -2.36. The summed E-state index contributed by atoms with van der Waals surface area (Å²) >= 11 is 1.65. The van der Waals surface area contributed by atoms with E-state index in [4.69, 9.17) is 15.2 Å². The molecule has 4 rings (SSSR count). The Morgan fingerprint density at radius 1 is 0.881 bits per heavy atom. The van der Waals surface area contributed by atoms with Crippen LogP contribution in [0.1, 0.15) is 60.3 Å². The Labute approximate surface area is 250 Å². The lowest BCUT2D eigenvalue weighted by Crippen LogP contribution is -2.31. The molecule has 9 nitrogen and oxygen atoms in total. The van der Waals surface area contributed by atoms with E-state index in [2.05, 4.69) is 10.6 Å². The molecule has 10 heteroatoms. The predicted octanol–water partition coefficient (Wildman–Crippen LogP) is 4.46. The number of nitrogens with one attached hydrogen (secondary N) is 2. The normalized spacial score (nSPS) is 18.4. The molecule has 0 bridgehead atoms. The number of para-hydroxylation sites is 2. The number of nitrogen functional groups attached to an aromatic ring is 1. The lowest BCUT2D eigenvalue weighted by atomic mass is 10.0. The van der Waals surface area contributed by atoms with Crippen molar-refractivity contribution in [3.05, 3.63) is 95.1 Å². The summed E-state index contributed by atoms with van der Waals surface area (Å²) < 4.78 is 12.6. The number of hydrogen-bond donors (Lipinski definition) is 5. The maximum Gasteiger partial charge on any atom is 0.224 e. The van der Waals surface area contributed by atoms with Crippen LogP contribution < -0.4 is 16.4 Å². The average Bonchev–Trinajstić information content (AvgIpc) is 3.01. The summed E-state index contributed by atoms with van der Waals surface area (Å²) in [7, 11) is 0. The average molecular weight is 594 g/mol. The SMILES string of the molecule is Nc1ccccc1NC(=O)CCCC(=O)NCc1ccc([C@@H]2O[C@H](CSCCO)C[C@H](c3ccc(CO)cc3)O2)cc1. The molecule has 1 fully saturated rings. The fourth-order valence-electron chi connectivity index (χ4n) is 4.62. The second kappa shape index (κ2) is 16.3. The first kappa shape index (κ1) is 31.5. The number of anilines is 2. The van der Waals surface area contributed by atoms with Crippen molar-refractivity contribution in [3.8, 4) is 0 Å². The van der Waals surface area contributed by atoms with Gasteiger partial charge in [-0.15, -0.1) is 0 Å². The first-order valence-corrected chi connectivity index (χ1v) is 15.3. The van der Waals surface area contributed by atoms with Gasteiger partial charge in [-0.1, -0.05) is 60.7 Å². The van der Waals surface area contributed by atoms with Crippen molar-refractivity contribution in [3.63, 3.8) is 0 Å². The van der Waals surface area contributed by atoms with E-state index in [9.17, 15) is 19.8 Å². The van der Waals surface area contributed by atoms with Crippen molar-refractivity contribution in [2.45, 2.75) is 57.3 Å². The maximum atomic E-state index is 12.3. The van der Waals surface area contributed by atoms with Gasteiger partial charge >= 0.3 is 0 Å². The molecule has 1 heterocycles. The van der Waals surface area contributed by atoms with Crippen molar-refractivity contribution in [2.24, 2.45) is 0 Å². The monoisotopic (exact) mass is 593 g/mol. The van der Waals surface area contributed by atoms with E-state index in [-0.39, 0.29) is 50.1 Å².